The first-order chi connectivity index (χ1) is 7.61. The Hall–Kier alpha value is -2.04. The summed E-state index contributed by atoms with van der Waals surface area (Å²) in [5.74, 6) is -0.474. The van der Waals surface area contributed by atoms with Gasteiger partial charge in [-0.15, -0.1) is 0 Å². The third kappa shape index (κ3) is 1.71. The molecule has 1 aromatic carbocycles. The van der Waals surface area contributed by atoms with E-state index in [1.807, 2.05) is 0 Å². The molecular formula is C11H11NO4. The molecule has 1 unspecified atom stereocenters. The SMILES string of the molecule is COC(=O)c1ccc2c(c1)OC(=O)C(C)N2. The zero-order valence-electron chi connectivity index (χ0n) is 8.94. The van der Waals surface area contributed by atoms with Crippen LogP contribution in [0, 0.1) is 0 Å². The zero-order chi connectivity index (χ0) is 11.7. The Balaban J connectivity index is 2.36. The van der Waals surface area contributed by atoms with E-state index < -0.39 is 5.97 Å². The van der Waals surface area contributed by atoms with Crippen molar-refractivity contribution in [3.05, 3.63) is 23.8 Å². The van der Waals surface area contributed by atoms with E-state index in [4.69, 9.17) is 4.74 Å². The van der Waals surface area contributed by atoms with E-state index in [9.17, 15) is 9.59 Å². The molecule has 0 amide bonds. The van der Waals surface area contributed by atoms with Crippen molar-refractivity contribution in [1.82, 2.24) is 0 Å². The van der Waals surface area contributed by atoms with Gasteiger partial charge in [-0.3, -0.25) is 0 Å². The molecule has 0 aromatic heterocycles. The number of benzene rings is 1. The van der Waals surface area contributed by atoms with Crippen LogP contribution in [-0.2, 0) is 9.53 Å². The van der Waals surface area contributed by atoms with Gasteiger partial charge < -0.3 is 14.8 Å². The van der Waals surface area contributed by atoms with E-state index in [0.717, 1.165) is 0 Å². The van der Waals surface area contributed by atoms with Gasteiger partial charge in [-0.2, -0.15) is 0 Å². The molecule has 1 aromatic rings. The molecule has 1 aliphatic rings. The number of carbonyl (C=O) groups excluding carboxylic acids is 2. The Kier molecular flexibility index (Phi) is 2.52. The average Bonchev–Trinajstić information content (AvgIpc) is 2.29. The minimum absolute atomic E-state index is 0.352. The first-order valence-corrected chi connectivity index (χ1v) is 4.82. The molecule has 0 fully saturated rings. The molecular weight excluding hydrogens is 210 g/mol. The van der Waals surface area contributed by atoms with Crippen molar-refractivity contribution < 1.29 is 19.1 Å². The van der Waals surface area contributed by atoms with Crippen molar-refractivity contribution in [2.24, 2.45) is 0 Å². The van der Waals surface area contributed by atoms with Crippen molar-refractivity contribution in [3.8, 4) is 5.75 Å². The molecule has 0 radical (unpaired) electrons. The molecule has 1 heterocycles. The summed E-state index contributed by atoms with van der Waals surface area (Å²) in [6.45, 7) is 1.71. The van der Waals surface area contributed by atoms with Crippen LogP contribution in [0.25, 0.3) is 0 Å². The second-order valence-electron chi connectivity index (χ2n) is 3.49. The standard InChI is InChI=1S/C11H11NO4/c1-6-10(13)16-9-5-7(11(14)15-2)3-4-8(9)12-6/h3-6,12H,1-2H3. The minimum Gasteiger partial charge on any atom is -0.465 e. The maximum absolute atomic E-state index is 11.3. The fraction of sp³-hybridized carbons (Fsp3) is 0.273. The van der Waals surface area contributed by atoms with E-state index in [1.165, 1.54) is 13.2 Å². The lowest BCUT2D eigenvalue weighted by molar-refractivity contribution is -0.135. The van der Waals surface area contributed by atoms with Gasteiger partial charge in [0.15, 0.2) is 5.75 Å². The van der Waals surface area contributed by atoms with Crippen molar-refractivity contribution in [2.75, 3.05) is 12.4 Å². The number of fused-ring (bicyclic) bond motifs is 1. The minimum atomic E-state index is -0.461. The summed E-state index contributed by atoms with van der Waals surface area (Å²) >= 11 is 0. The van der Waals surface area contributed by atoms with Crippen molar-refractivity contribution in [1.29, 1.82) is 0 Å². The van der Waals surface area contributed by atoms with Gasteiger partial charge in [0.25, 0.3) is 0 Å². The van der Waals surface area contributed by atoms with Gasteiger partial charge >= 0.3 is 11.9 Å². The second-order valence-corrected chi connectivity index (χ2v) is 3.49. The molecule has 0 spiro atoms. The smallest absolute Gasteiger partial charge is 0.337 e. The number of anilines is 1. The monoisotopic (exact) mass is 221 g/mol. The van der Waals surface area contributed by atoms with Gasteiger partial charge in [-0.1, -0.05) is 0 Å². The first kappa shape index (κ1) is 10.5. The predicted molar refractivity (Wildman–Crippen MR) is 56.5 cm³/mol. The highest BCUT2D eigenvalue weighted by molar-refractivity contribution is 5.93. The van der Waals surface area contributed by atoms with Crippen LogP contribution in [0.4, 0.5) is 5.69 Å². The lowest BCUT2D eigenvalue weighted by atomic mass is 10.1. The van der Waals surface area contributed by atoms with Crippen LogP contribution in [0.5, 0.6) is 5.75 Å². The predicted octanol–water partition coefficient (Wildman–Crippen LogP) is 1.19. The van der Waals surface area contributed by atoms with Crippen molar-refractivity contribution >= 4 is 17.6 Å². The first-order valence-electron chi connectivity index (χ1n) is 4.82. The van der Waals surface area contributed by atoms with Gasteiger partial charge in [0.1, 0.15) is 6.04 Å². The van der Waals surface area contributed by atoms with Crippen molar-refractivity contribution in [2.45, 2.75) is 13.0 Å². The van der Waals surface area contributed by atoms with Crippen LogP contribution in [0.2, 0.25) is 0 Å². The normalized spacial score (nSPS) is 18.1. The number of hydrogen-bond donors (Lipinski definition) is 1. The molecule has 0 bridgehead atoms. The Morgan fingerprint density at radius 3 is 2.94 bits per heavy atom. The van der Waals surface area contributed by atoms with Crippen LogP contribution in [0.1, 0.15) is 17.3 Å². The summed E-state index contributed by atoms with van der Waals surface area (Å²) in [5, 5.41) is 2.97. The van der Waals surface area contributed by atoms with Crippen LogP contribution in [0.15, 0.2) is 18.2 Å². The van der Waals surface area contributed by atoms with E-state index in [0.29, 0.717) is 17.0 Å². The van der Waals surface area contributed by atoms with E-state index in [1.54, 1.807) is 19.1 Å². The molecule has 1 atom stereocenters. The Morgan fingerprint density at radius 2 is 2.25 bits per heavy atom. The van der Waals surface area contributed by atoms with Crippen LogP contribution >= 0.6 is 0 Å². The third-order valence-electron chi connectivity index (χ3n) is 2.34. The third-order valence-corrected chi connectivity index (χ3v) is 2.34. The van der Waals surface area contributed by atoms with Gasteiger partial charge in [0.05, 0.1) is 18.4 Å². The number of esters is 2. The van der Waals surface area contributed by atoms with Gasteiger partial charge in [0, 0.05) is 0 Å². The maximum atomic E-state index is 11.3. The quantitative estimate of drug-likeness (QED) is 0.570. The second kappa shape index (κ2) is 3.84. The van der Waals surface area contributed by atoms with Gasteiger partial charge in [-0.25, -0.2) is 9.59 Å². The topological polar surface area (TPSA) is 64.6 Å². The summed E-state index contributed by atoms with van der Waals surface area (Å²) in [5.41, 5.74) is 1.05. The number of ether oxygens (including phenoxy) is 2. The van der Waals surface area contributed by atoms with E-state index >= 15 is 0 Å². The van der Waals surface area contributed by atoms with Gasteiger partial charge in [0.2, 0.25) is 0 Å². The molecule has 1 aliphatic heterocycles. The summed E-state index contributed by atoms with van der Waals surface area (Å²) in [6, 6.07) is 4.41. The van der Waals surface area contributed by atoms with E-state index in [2.05, 4.69) is 10.1 Å². The number of nitrogens with one attached hydrogen (secondary N) is 1. The molecule has 2 rings (SSSR count). The highest BCUT2D eigenvalue weighted by atomic mass is 16.5. The molecule has 84 valence electrons. The van der Waals surface area contributed by atoms with Crippen LogP contribution in [-0.4, -0.2) is 25.1 Å². The number of rotatable bonds is 1. The largest absolute Gasteiger partial charge is 0.465 e. The summed E-state index contributed by atoms with van der Waals surface area (Å²) in [6.07, 6.45) is 0. The highest BCUT2D eigenvalue weighted by Gasteiger charge is 2.24. The molecule has 0 saturated heterocycles. The molecule has 0 saturated carbocycles. The number of methoxy groups -OCH3 is 1. The Bertz CT molecular complexity index is 455. The van der Waals surface area contributed by atoms with Crippen LogP contribution in [0.3, 0.4) is 0 Å². The van der Waals surface area contributed by atoms with Crippen LogP contribution < -0.4 is 10.1 Å². The number of hydrogen-bond acceptors (Lipinski definition) is 5. The van der Waals surface area contributed by atoms with E-state index in [-0.39, 0.29) is 12.0 Å². The fourth-order valence-electron chi connectivity index (χ4n) is 1.46. The van der Waals surface area contributed by atoms with Gasteiger partial charge in [-0.05, 0) is 25.1 Å². The molecule has 0 aliphatic carbocycles. The fourth-order valence-corrected chi connectivity index (χ4v) is 1.46. The lowest BCUT2D eigenvalue weighted by Gasteiger charge is -2.22. The maximum Gasteiger partial charge on any atom is 0.337 e. The highest BCUT2D eigenvalue weighted by Crippen LogP contribution is 2.30. The summed E-state index contributed by atoms with van der Waals surface area (Å²) in [4.78, 5) is 22.6. The molecule has 5 heteroatoms. The average molecular weight is 221 g/mol. The Morgan fingerprint density at radius 1 is 1.50 bits per heavy atom. The molecule has 16 heavy (non-hydrogen) atoms. The molecule has 5 nitrogen and oxygen atoms in total. The zero-order valence-corrected chi connectivity index (χ0v) is 8.94. The lowest BCUT2D eigenvalue weighted by Crippen LogP contribution is -2.34. The molecule has 1 N–H and O–H groups in total. The summed E-state index contributed by atoms with van der Waals surface area (Å²) in [7, 11) is 1.30. The number of carbonyl (C=O) groups is 2. The van der Waals surface area contributed by atoms with Crippen molar-refractivity contribution in [3.63, 3.8) is 0 Å². The Labute approximate surface area is 92.4 Å². The summed E-state index contributed by atoms with van der Waals surface area (Å²) < 4.78 is 9.65.